The van der Waals surface area contributed by atoms with E-state index >= 15 is 0 Å². The van der Waals surface area contributed by atoms with Crippen LogP contribution in [0, 0.1) is 5.41 Å². The summed E-state index contributed by atoms with van der Waals surface area (Å²) in [6, 6.07) is 11.6. The lowest BCUT2D eigenvalue weighted by atomic mass is 9.90. The highest BCUT2D eigenvalue weighted by Gasteiger charge is 2.34. The fourth-order valence-corrected chi connectivity index (χ4v) is 3.41. The van der Waals surface area contributed by atoms with Crippen LogP contribution in [0.3, 0.4) is 0 Å². The number of nitrogens with zero attached hydrogens (tertiary/aromatic N) is 1. The van der Waals surface area contributed by atoms with Crippen LogP contribution in [0.1, 0.15) is 31.4 Å². The molecule has 0 aliphatic carbocycles. The summed E-state index contributed by atoms with van der Waals surface area (Å²) < 4.78 is 0. The molecule has 2 heterocycles. The van der Waals surface area contributed by atoms with E-state index in [0.29, 0.717) is 17.5 Å². The molecule has 0 saturated carbocycles. The van der Waals surface area contributed by atoms with Gasteiger partial charge in [-0.3, -0.25) is 5.43 Å². The van der Waals surface area contributed by atoms with Crippen LogP contribution in [-0.4, -0.2) is 37.1 Å². The number of nitrogens with two attached hydrogens (primary N) is 1. The fraction of sp³-hybridized carbons (Fsp3) is 0.625. The van der Waals surface area contributed by atoms with Crippen molar-refractivity contribution in [2.24, 2.45) is 11.1 Å². The van der Waals surface area contributed by atoms with E-state index in [4.69, 9.17) is 5.73 Å². The molecule has 1 aromatic rings. The summed E-state index contributed by atoms with van der Waals surface area (Å²) in [5.41, 5.74) is 14.5. The molecule has 2 aliphatic rings. The second-order valence-electron chi connectivity index (χ2n) is 6.68. The molecule has 3 unspecified atom stereocenters. The predicted octanol–water partition coefficient (Wildman–Crippen LogP) is 1.26. The molecule has 20 heavy (non-hydrogen) atoms. The highest BCUT2D eigenvalue weighted by molar-refractivity contribution is 5.20. The predicted molar refractivity (Wildman–Crippen MR) is 82.1 cm³/mol. The van der Waals surface area contributed by atoms with Crippen LogP contribution in [-0.2, 0) is 0 Å². The first-order valence-electron chi connectivity index (χ1n) is 7.67. The smallest absolute Gasteiger partial charge is 0.0478 e. The monoisotopic (exact) mass is 274 g/mol. The van der Waals surface area contributed by atoms with Gasteiger partial charge in [0.05, 0.1) is 0 Å². The van der Waals surface area contributed by atoms with Crippen molar-refractivity contribution in [2.75, 3.05) is 26.2 Å². The van der Waals surface area contributed by atoms with Crippen molar-refractivity contribution in [1.29, 1.82) is 0 Å². The number of benzene rings is 1. The largest absolute Gasteiger partial charge is 0.330 e. The number of likely N-dealkylation sites (tertiary alicyclic amines) is 1. The number of rotatable bonds is 4. The molecule has 2 fully saturated rings. The quantitative estimate of drug-likeness (QED) is 0.774. The van der Waals surface area contributed by atoms with Gasteiger partial charge in [0.25, 0.3) is 0 Å². The first-order valence-corrected chi connectivity index (χ1v) is 7.67. The van der Waals surface area contributed by atoms with Gasteiger partial charge in [-0.1, -0.05) is 37.3 Å². The SMILES string of the molecule is CC1(CN)CCN(CC2CC(c3ccccc3)NN2)C1. The maximum absolute atomic E-state index is 5.88. The molecule has 4 N–H and O–H groups in total. The van der Waals surface area contributed by atoms with Gasteiger partial charge in [0.2, 0.25) is 0 Å². The van der Waals surface area contributed by atoms with Gasteiger partial charge in [0.15, 0.2) is 0 Å². The van der Waals surface area contributed by atoms with Crippen LogP contribution in [0.4, 0.5) is 0 Å². The van der Waals surface area contributed by atoms with Gasteiger partial charge in [0, 0.05) is 25.2 Å². The summed E-state index contributed by atoms with van der Waals surface area (Å²) in [4.78, 5) is 2.56. The van der Waals surface area contributed by atoms with Crippen molar-refractivity contribution in [3.8, 4) is 0 Å². The molecule has 1 aromatic carbocycles. The highest BCUT2D eigenvalue weighted by Crippen LogP contribution is 2.29. The van der Waals surface area contributed by atoms with Crippen LogP contribution in [0.5, 0.6) is 0 Å². The maximum Gasteiger partial charge on any atom is 0.0478 e. The third kappa shape index (κ3) is 3.04. The Morgan fingerprint density at radius 2 is 2.10 bits per heavy atom. The van der Waals surface area contributed by atoms with Crippen molar-refractivity contribution < 1.29 is 0 Å². The molecule has 0 radical (unpaired) electrons. The Morgan fingerprint density at radius 3 is 2.80 bits per heavy atom. The van der Waals surface area contributed by atoms with E-state index in [2.05, 4.69) is 53.0 Å². The average molecular weight is 274 g/mol. The zero-order valence-electron chi connectivity index (χ0n) is 12.3. The number of hydrogen-bond acceptors (Lipinski definition) is 4. The van der Waals surface area contributed by atoms with E-state index in [1.807, 2.05) is 0 Å². The van der Waals surface area contributed by atoms with Crippen LogP contribution in [0.2, 0.25) is 0 Å². The standard InChI is InChI=1S/C16H26N4/c1-16(11-17)7-8-20(12-16)10-14-9-15(19-18-14)13-5-3-2-4-6-13/h2-6,14-15,18-19H,7-12,17H2,1H3. The fourth-order valence-electron chi connectivity index (χ4n) is 3.41. The van der Waals surface area contributed by atoms with E-state index in [0.717, 1.165) is 26.1 Å². The Balaban J connectivity index is 1.52. The minimum absolute atomic E-state index is 0.324. The second-order valence-corrected chi connectivity index (χ2v) is 6.68. The third-order valence-electron chi connectivity index (χ3n) is 4.79. The zero-order valence-corrected chi connectivity index (χ0v) is 12.3. The third-order valence-corrected chi connectivity index (χ3v) is 4.79. The Bertz CT molecular complexity index is 435. The molecule has 0 amide bonds. The first-order chi connectivity index (χ1) is 9.68. The van der Waals surface area contributed by atoms with Gasteiger partial charge in [-0.15, -0.1) is 0 Å². The molecule has 3 atom stereocenters. The van der Waals surface area contributed by atoms with Crippen molar-refractivity contribution in [3.63, 3.8) is 0 Å². The van der Waals surface area contributed by atoms with Crippen molar-refractivity contribution in [2.45, 2.75) is 31.8 Å². The van der Waals surface area contributed by atoms with Gasteiger partial charge >= 0.3 is 0 Å². The molecule has 110 valence electrons. The topological polar surface area (TPSA) is 53.3 Å². The molecule has 4 heteroatoms. The molecule has 4 nitrogen and oxygen atoms in total. The number of nitrogens with one attached hydrogen (secondary N) is 2. The molecule has 0 spiro atoms. The van der Waals surface area contributed by atoms with E-state index < -0.39 is 0 Å². The highest BCUT2D eigenvalue weighted by atomic mass is 15.4. The lowest BCUT2D eigenvalue weighted by Crippen LogP contribution is -2.40. The van der Waals surface area contributed by atoms with E-state index in [1.165, 1.54) is 18.5 Å². The van der Waals surface area contributed by atoms with E-state index in [9.17, 15) is 0 Å². The Labute approximate surface area is 121 Å². The minimum atomic E-state index is 0.324. The molecule has 0 bridgehead atoms. The minimum Gasteiger partial charge on any atom is -0.330 e. The maximum atomic E-state index is 5.88. The summed E-state index contributed by atoms with van der Waals surface area (Å²) in [6.45, 7) is 6.54. The molecular weight excluding hydrogens is 248 g/mol. The van der Waals surface area contributed by atoms with Gasteiger partial charge < -0.3 is 10.6 Å². The lowest BCUT2D eigenvalue weighted by molar-refractivity contribution is 0.258. The van der Waals surface area contributed by atoms with E-state index in [-0.39, 0.29) is 0 Å². The number of hydrogen-bond donors (Lipinski definition) is 3. The van der Waals surface area contributed by atoms with Crippen LogP contribution >= 0.6 is 0 Å². The van der Waals surface area contributed by atoms with Crippen LogP contribution < -0.4 is 16.6 Å². The van der Waals surface area contributed by atoms with Crippen LogP contribution in [0.15, 0.2) is 30.3 Å². The van der Waals surface area contributed by atoms with Gasteiger partial charge in [-0.25, -0.2) is 5.43 Å². The van der Waals surface area contributed by atoms with Gasteiger partial charge in [-0.05, 0) is 36.9 Å². The zero-order chi connectivity index (χ0) is 14.0. The van der Waals surface area contributed by atoms with E-state index in [1.54, 1.807) is 0 Å². The Morgan fingerprint density at radius 1 is 1.30 bits per heavy atom. The summed E-state index contributed by atoms with van der Waals surface area (Å²) in [5, 5.41) is 0. The Kier molecular flexibility index (Phi) is 4.08. The number of hydrazine groups is 1. The average Bonchev–Trinajstić information content (AvgIpc) is 3.08. The molecule has 2 aliphatic heterocycles. The van der Waals surface area contributed by atoms with Gasteiger partial charge in [0.1, 0.15) is 0 Å². The van der Waals surface area contributed by atoms with Gasteiger partial charge in [-0.2, -0.15) is 0 Å². The van der Waals surface area contributed by atoms with Crippen molar-refractivity contribution >= 4 is 0 Å². The summed E-state index contributed by atoms with van der Waals surface area (Å²) in [5.74, 6) is 0. The normalized spacial score (nSPS) is 34.7. The summed E-state index contributed by atoms with van der Waals surface area (Å²) in [6.07, 6.45) is 2.38. The first kappa shape index (κ1) is 14.0. The molecule has 0 aromatic heterocycles. The van der Waals surface area contributed by atoms with Crippen molar-refractivity contribution in [1.82, 2.24) is 15.8 Å². The summed E-state index contributed by atoms with van der Waals surface area (Å²) in [7, 11) is 0. The van der Waals surface area contributed by atoms with Crippen LogP contribution in [0.25, 0.3) is 0 Å². The molecule has 2 saturated heterocycles. The second kappa shape index (κ2) is 5.82. The van der Waals surface area contributed by atoms with Crippen molar-refractivity contribution in [3.05, 3.63) is 35.9 Å². The summed E-state index contributed by atoms with van der Waals surface area (Å²) >= 11 is 0. The Hall–Kier alpha value is -0.940. The lowest BCUT2D eigenvalue weighted by Gasteiger charge is -2.24. The molecular formula is C16H26N4. The molecule has 3 rings (SSSR count).